The van der Waals surface area contributed by atoms with Crippen LogP contribution in [0, 0.1) is 0 Å². The molecule has 1 nitrogen and oxygen atoms in total. The Morgan fingerprint density at radius 2 is 1.60 bits per heavy atom. The third-order valence-electron chi connectivity index (χ3n) is 2.51. The highest BCUT2D eigenvalue weighted by molar-refractivity contribution is 9.10. The maximum atomic E-state index is 11.2. The van der Waals surface area contributed by atoms with E-state index in [1.807, 2.05) is 13.8 Å². The second-order valence-electron chi connectivity index (χ2n) is 3.45. The number of fused-ring (bicyclic) bond motifs is 1. The van der Waals surface area contributed by atoms with Crippen LogP contribution in [0.5, 0.6) is 0 Å². The average molecular weight is 269 g/mol. The van der Waals surface area contributed by atoms with Gasteiger partial charge in [0.05, 0.1) is 0 Å². The molecule has 0 heterocycles. The highest BCUT2D eigenvalue weighted by atomic mass is 79.9. The van der Waals surface area contributed by atoms with E-state index in [0.717, 1.165) is 17.3 Å². The summed E-state index contributed by atoms with van der Waals surface area (Å²) in [5, 5.41) is 0. The maximum absolute atomic E-state index is 11.2. The van der Waals surface area contributed by atoms with Gasteiger partial charge < -0.3 is 0 Å². The molecule has 1 aromatic carbocycles. The Morgan fingerprint density at radius 1 is 1.00 bits per heavy atom. The van der Waals surface area contributed by atoms with Crippen molar-refractivity contribution in [2.24, 2.45) is 0 Å². The Balaban J connectivity index is 0.000000531. The van der Waals surface area contributed by atoms with Crippen LogP contribution in [0.25, 0.3) is 0 Å². The van der Waals surface area contributed by atoms with Crippen LogP contribution in [-0.2, 0) is 17.6 Å². The predicted molar refractivity (Wildman–Crippen MR) is 67.1 cm³/mol. The minimum atomic E-state index is 0.396. The van der Waals surface area contributed by atoms with Crippen molar-refractivity contribution in [3.8, 4) is 0 Å². The van der Waals surface area contributed by atoms with Crippen LogP contribution in [0.4, 0.5) is 0 Å². The van der Waals surface area contributed by atoms with Gasteiger partial charge in [-0.05, 0) is 36.1 Å². The molecule has 0 saturated carbocycles. The number of hydrogen-bond donors (Lipinski definition) is 0. The fraction of sp³-hybridized carbons (Fsp3) is 0.462. The molecule has 0 aliphatic heterocycles. The van der Waals surface area contributed by atoms with Gasteiger partial charge in [-0.3, -0.25) is 4.79 Å². The number of benzene rings is 1. The Bertz CT molecular complexity index is 344. The van der Waals surface area contributed by atoms with E-state index in [2.05, 4.69) is 34.1 Å². The molecular weight excluding hydrogens is 252 g/mol. The minimum Gasteiger partial charge on any atom is -0.300 e. The number of carbonyl (C=O) groups is 1. The monoisotopic (exact) mass is 268 g/mol. The molecule has 1 aliphatic rings. The first-order valence-corrected chi connectivity index (χ1v) is 6.34. The SMILES string of the molecule is CC.O=C1CCc2ccc(Br)cc2CC1. The van der Waals surface area contributed by atoms with Gasteiger partial charge in [-0.1, -0.05) is 35.8 Å². The van der Waals surface area contributed by atoms with Gasteiger partial charge in [0, 0.05) is 17.3 Å². The number of aryl methyl sites for hydroxylation is 2. The van der Waals surface area contributed by atoms with Crippen molar-refractivity contribution in [2.45, 2.75) is 39.5 Å². The zero-order valence-corrected chi connectivity index (χ0v) is 10.9. The Hall–Kier alpha value is -0.630. The lowest BCUT2D eigenvalue weighted by atomic mass is 10.0. The summed E-state index contributed by atoms with van der Waals surface area (Å²) in [4.78, 5) is 11.2. The van der Waals surface area contributed by atoms with Crippen molar-refractivity contribution in [3.63, 3.8) is 0 Å². The van der Waals surface area contributed by atoms with Gasteiger partial charge in [0.25, 0.3) is 0 Å². The summed E-state index contributed by atoms with van der Waals surface area (Å²) in [6.07, 6.45) is 3.26. The molecule has 0 unspecified atom stereocenters. The van der Waals surface area contributed by atoms with E-state index in [1.165, 1.54) is 11.1 Å². The molecule has 2 rings (SSSR count). The van der Waals surface area contributed by atoms with E-state index in [0.29, 0.717) is 18.6 Å². The number of ketones is 1. The molecule has 15 heavy (non-hydrogen) atoms. The van der Waals surface area contributed by atoms with E-state index in [4.69, 9.17) is 0 Å². The Morgan fingerprint density at radius 3 is 2.27 bits per heavy atom. The Kier molecular flexibility index (Phi) is 5.03. The summed E-state index contributed by atoms with van der Waals surface area (Å²) in [5.41, 5.74) is 2.68. The van der Waals surface area contributed by atoms with E-state index in [1.54, 1.807) is 0 Å². The topological polar surface area (TPSA) is 17.1 Å². The highest BCUT2D eigenvalue weighted by Crippen LogP contribution is 2.22. The zero-order valence-electron chi connectivity index (χ0n) is 9.35. The lowest BCUT2D eigenvalue weighted by Crippen LogP contribution is -1.95. The normalized spacial score (nSPS) is 14.7. The summed E-state index contributed by atoms with van der Waals surface area (Å²) in [6, 6.07) is 6.31. The first-order chi connectivity index (χ1) is 7.25. The van der Waals surface area contributed by atoms with Crippen LogP contribution in [0.2, 0.25) is 0 Å². The third-order valence-corrected chi connectivity index (χ3v) is 3.01. The summed E-state index contributed by atoms with van der Waals surface area (Å²) in [5.74, 6) is 0.396. The first-order valence-electron chi connectivity index (χ1n) is 5.55. The van der Waals surface area contributed by atoms with Crippen LogP contribution in [-0.4, -0.2) is 5.78 Å². The molecule has 0 amide bonds. The number of Topliss-reactive ketones (excluding diaryl/α,β-unsaturated/α-hetero) is 1. The zero-order chi connectivity index (χ0) is 11.3. The number of carbonyl (C=O) groups excluding carboxylic acids is 1. The molecule has 0 aromatic heterocycles. The van der Waals surface area contributed by atoms with E-state index >= 15 is 0 Å². The number of hydrogen-bond acceptors (Lipinski definition) is 1. The van der Waals surface area contributed by atoms with Crippen molar-refractivity contribution in [2.75, 3.05) is 0 Å². The fourth-order valence-electron chi connectivity index (χ4n) is 1.74. The molecule has 0 fully saturated rings. The number of rotatable bonds is 0. The lowest BCUT2D eigenvalue weighted by molar-refractivity contribution is -0.118. The molecule has 0 radical (unpaired) electrons. The van der Waals surface area contributed by atoms with Crippen molar-refractivity contribution in [3.05, 3.63) is 33.8 Å². The Labute approximate surface area is 100 Å². The minimum absolute atomic E-state index is 0.396. The quantitative estimate of drug-likeness (QED) is 0.652. The van der Waals surface area contributed by atoms with Crippen LogP contribution in [0.15, 0.2) is 22.7 Å². The first kappa shape index (κ1) is 12.4. The summed E-state index contributed by atoms with van der Waals surface area (Å²) < 4.78 is 1.11. The second-order valence-corrected chi connectivity index (χ2v) is 4.37. The molecular formula is C13H17BrO. The van der Waals surface area contributed by atoms with Crippen LogP contribution >= 0.6 is 15.9 Å². The van der Waals surface area contributed by atoms with Gasteiger partial charge in [0.1, 0.15) is 5.78 Å². The largest absolute Gasteiger partial charge is 0.300 e. The third kappa shape index (κ3) is 3.45. The van der Waals surface area contributed by atoms with Gasteiger partial charge in [0.2, 0.25) is 0 Å². The van der Waals surface area contributed by atoms with Crippen molar-refractivity contribution < 1.29 is 4.79 Å². The highest BCUT2D eigenvalue weighted by Gasteiger charge is 2.12. The molecule has 1 aliphatic carbocycles. The van der Waals surface area contributed by atoms with Crippen molar-refractivity contribution in [1.82, 2.24) is 0 Å². The van der Waals surface area contributed by atoms with E-state index in [-0.39, 0.29) is 0 Å². The van der Waals surface area contributed by atoms with E-state index < -0.39 is 0 Å². The maximum Gasteiger partial charge on any atom is 0.133 e. The van der Waals surface area contributed by atoms with Gasteiger partial charge in [-0.2, -0.15) is 0 Å². The molecule has 0 saturated heterocycles. The van der Waals surface area contributed by atoms with Crippen LogP contribution in [0.3, 0.4) is 0 Å². The summed E-state index contributed by atoms with van der Waals surface area (Å²) >= 11 is 3.45. The van der Waals surface area contributed by atoms with Crippen LogP contribution in [0.1, 0.15) is 37.8 Å². The predicted octanol–water partition coefficient (Wildman–Crippen LogP) is 3.92. The molecule has 0 bridgehead atoms. The van der Waals surface area contributed by atoms with Crippen LogP contribution < -0.4 is 0 Å². The van der Waals surface area contributed by atoms with Crippen molar-refractivity contribution in [1.29, 1.82) is 0 Å². The molecule has 0 spiro atoms. The van der Waals surface area contributed by atoms with Gasteiger partial charge in [-0.15, -0.1) is 0 Å². The fourth-order valence-corrected chi connectivity index (χ4v) is 2.15. The molecule has 0 atom stereocenters. The molecule has 1 aromatic rings. The van der Waals surface area contributed by atoms with Gasteiger partial charge in [0.15, 0.2) is 0 Å². The lowest BCUT2D eigenvalue weighted by Gasteiger charge is -2.04. The van der Waals surface area contributed by atoms with Gasteiger partial charge in [-0.25, -0.2) is 0 Å². The standard InChI is InChI=1S/C11H11BrO.C2H6/c12-10-4-1-8-2-5-11(13)6-3-9(8)7-10;1-2/h1,4,7H,2-3,5-6H2;1-2H3. The molecule has 82 valence electrons. The van der Waals surface area contributed by atoms with Crippen molar-refractivity contribution >= 4 is 21.7 Å². The molecule has 2 heteroatoms. The smallest absolute Gasteiger partial charge is 0.133 e. The molecule has 0 N–H and O–H groups in total. The van der Waals surface area contributed by atoms with E-state index in [9.17, 15) is 4.79 Å². The summed E-state index contributed by atoms with van der Waals surface area (Å²) in [6.45, 7) is 4.00. The number of halogens is 1. The summed E-state index contributed by atoms with van der Waals surface area (Å²) in [7, 11) is 0. The average Bonchev–Trinajstić information content (AvgIpc) is 2.44. The van der Waals surface area contributed by atoms with Gasteiger partial charge >= 0.3 is 0 Å². The second kappa shape index (κ2) is 6.06.